The van der Waals surface area contributed by atoms with Crippen molar-refractivity contribution in [3.8, 4) is 0 Å². The first kappa shape index (κ1) is 13.1. The van der Waals surface area contributed by atoms with E-state index in [2.05, 4.69) is 34.1 Å². The molecule has 3 heteroatoms. The third-order valence-corrected chi connectivity index (χ3v) is 6.30. The standard InChI is InChI=1S/C19H24N2O/c1-2-4-16-14(3-1)15-6-10-21-11-7-18-19(13-21,9-12-22-18)8-5-17(15)20-16/h1-4,18,20H,5-13H2/t18-,19+/m0/s1. The molecule has 0 radical (unpaired) electrons. The van der Waals surface area contributed by atoms with Gasteiger partial charge < -0.3 is 14.6 Å². The van der Waals surface area contributed by atoms with Gasteiger partial charge in [-0.15, -0.1) is 0 Å². The zero-order chi connectivity index (χ0) is 14.6. The summed E-state index contributed by atoms with van der Waals surface area (Å²) in [5, 5.41) is 1.44. The Kier molecular flexibility index (Phi) is 2.89. The fourth-order valence-electron chi connectivity index (χ4n) is 5.09. The van der Waals surface area contributed by atoms with Crippen molar-refractivity contribution >= 4 is 10.9 Å². The van der Waals surface area contributed by atoms with Gasteiger partial charge in [-0.1, -0.05) is 18.2 Å². The second kappa shape index (κ2) is 4.84. The summed E-state index contributed by atoms with van der Waals surface area (Å²) in [6, 6.07) is 8.80. The van der Waals surface area contributed by atoms with E-state index in [1.807, 2.05) is 0 Å². The van der Waals surface area contributed by atoms with Gasteiger partial charge >= 0.3 is 0 Å². The summed E-state index contributed by atoms with van der Waals surface area (Å²) >= 11 is 0. The van der Waals surface area contributed by atoms with E-state index in [4.69, 9.17) is 4.74 Å². The van der Waals surface area contributed by atoms with Crippen LogP contribution in [0.1, 0.15) is 30.5 Å². The van der Waals surface area contributed by atoms with E-state index in [0.717, 1.165) is 6.61 Å². The molecule has 1 spiro atoms. The number of ether oxygens (including phenoxy) is 1. The molecule has 1 unspecified atom stereocenters. The predicted octanol–water partition coefficient (Wildman–Crippen LogP) is 3.14. The number of para-hydroxylation sites is 1. The molecule has 0 aliphatic carbocycles. The van der Waals surface area contributed by atoms with Crippen LogP contribution in [0.2, 0.25) is 0 Å². The van der Waals surface area contributed by atoms with Crippen LogP contribution in [0.4, 0.5) is 0 Å². The Bertz CT molecular complexity index is 707. The van der Waals surface area contributed by atoms with Crippen molar-refractivity contribution in [1.82, 2.24) is 9.88 Å². The molecule has 5 rings (SSSR count). The Balaban J connectivity index is 1.57. The van der Waals surface area contributed by atoms with E-state index >= 15 is 0 Å². The summed E-state index contributed by atoms with van der Waals surface area (Å²) in [7, 11) is 0. The minimum absolute atomic E-state index is 0.414. The van der Waals surface area contributed by atoms with Gasteiger partial charge in [0.05, 0.1) is 6.10 Å². The summed E-state index contributed by atoms with van der Waals surface area (Å²) in [5.74, 6) is 0. The van der Waals surface area contributed by atoms with Gasteiger partial charge in [-0.05, 0) is 43.7 Å². The lowest BCUT2D eigenvalue weighted by Gasteiger charge is -2.43. The first-order valence-electron chi connectivity index (χ1n) is 8.77. The molecule has 2 saturated heterocycles. The van der Waals surface area contributed by atoms with Crippen molar-refractivity contribution in [3.05, 3.63) is 35.5 Å². The SMILES string of the molecule is c1ccc2c3c([nH]c2c1)CC[C@]12CCO[C@H]1CCN(CC3)C2. The van der Waals surface area contributed by atoms with Crippen LogP contribution in [-0.4, -0.2) is 42.2 Å². The topological polar surface area (TPSA) is 28.3 Å². The molecule has 116 valence electrons. The van der Waals surface area contributed by atoms with Crippen molar-refractivity contribution in [2.75, 3.05) is 26.2 Å². The maximum absolute atomic E-state index is 6.08. The highest BCUT2D eigenvalue weighted by molar-refractivity contribution is 5.84. The summed E-state index contributed by atoms with van der Waals surface area (Å²) in [6.07, 6.45) is 6.63. The number of nitrogens with one attached hydrogen (secondary N) is 1. The Morgan fingerprint density at radius 1 is 1.14 bits per heavy atom. The Labute approximate surface area is 131 Å². The number of fused-ring (bicyclic) bond motifs is 4. The number of benzene rings is 1. The van der Waals surface area contributed by atoms with Crippen molar-refractivity contribution in [1.29, 1.82) is 0 Å². The molecule has 4 heterocycles. The highest BCUT2D eigenvalue weighted by Crippen LogP contribution is 2.45. The van der Waals surface area contributed by atoms with Crippen LogP contribution in [0.25, 0.3) is 10.9 Å². The minimum atomic E-state index is 0.414. The van der Waals surface area contributed by atoms with Gasteiger partial charge in [0.15, 0.2) is 0 Å². The van der Waals surface area contributed by atoms with E-state index in [0.29, 0.717) is 11.5 Å². The quantitative estimate of drug-likeness (QED) is 0.809. The second-order valence-electron chi connectivity index (χ2n) is 7.41. The predicted molar refractivity (Wildman–Crippen MR) is 88.2 cm³/mol. The summed E-state index contributed by atoms with van der Waals surface area (Å²) in [4.78, 5) is 6.41. The maximum atomic E-state index is 6.08. The van der Waals surface area contributed by atoms with Gasteiger partial charge in [-0.3, -0.25) is 0 Å². The minimum Gasteiger partial charge on any atom is -0.378 e. The summed E-state index contributed by atoms with van der Waals surface area (Å²) in [5.41, 5.74) is 4.77. The largest absolute Gasteiger partial charge is 0.378 e. The van der Waals surface area contributed by atoms with E-state index in [1.54, 1.807) is 5.56 Å². The van der Waals surface area contributed by atoms with Crippen molar-refractivity contribution < 1.29 is 4.74 Å². The van der Waals surface area contributed by atoms with E-state index in [-0.39, 0.29) is 0 Å². The number of nitrogens with zero attached hydrogens (tertiary/aromatic N) is 1. The molecule has 1 aromatic heterocycles. The van der Waals surface area contributed by atoms with Gasteiger partial charge in [0.1, 0.15) is 0 Å². The Morgan fingerprint density at radius 3 is 3.09 bits per heavy atom. The lowest BCUT2D eigenvalue weighted by molar-refractivity contribution is -0.0206. The van der Waals surface area contributed by atoms with Crippen LogP contribution in [0.15, 0.2) is 24.3 Å². The molecule has 3 aliphatic rings. The molecule has 22 heavy (non-hydrogen) atoms. The van der Waals surface area contributed by atoms with Gasteiger partial charge in [0, 0.05) is 48.3 Å². The highest BCUT2D eigenvalue weighted by Gasteiger charge is 2.47. The second-order valence-corrected chi connectivity index (χ2v) is 7.41. The fourth-order valence-corrected chi connectivity index (χ4v) is 5.09. The van der Waals surface area contributed by atoms with Crippen LogP contribution >= 0.6 is 0 Å². The van der Waals surface area contributed by atoms with Crippen molar-refractivity contribution in [3.63, 3.8) is 0 Å². The van der Waals surface area contributed by atoms with Crippen LogP contribution in [0, 0.1) is 5.41 Å². The molecular formula is C19H24N2O. The monoisotopic (exact) mass is 296 g/mol. The molecule has 1 aromatic carbocycles. The average Bonchev–Trinajstić information content (AvgIpc) is 3.12. The molecule has 3 nitrogen and oxygen atoms in total. The number of hydrogen-bond acceptors (Lipinski definition) is 2. The zero-order valence-electron chi connectivity index (χ0n) is 13.1. The van der Waals surface area contributed by atoms with Crippen LogP contribution < -0.4 is 0 Å². The maximum Gasteiger partial charge on any atom is 0.0656 e. The molecule has 2 aromatic rings. The first-order chi connectivity index (χ1) is 10.8. The number of aromatic amines is 1. The highest BCUT2D eigenvalue weighted by atomic mass is 16.5. The normalized spacial score (nSPS) is 34.5. The zero-order valence-corrected chi connectivity index (χ0v) is 13.1. The van der Waals surface area contributed by atoms with Crippen LogP contribution in [-0.2, 0) is 17.6 Å². The Hall–Kier alpha value is -1.32. The van der Waals surface area contributed by atoms with E-state index < -0.39 is 0 Å². The number of rotatable bonds is 0. The van der Waals surface area contributed by atoms with Gasteiger partial charge in [0.25, 0.3) is 0 Å². The average molecular weight is 296 g/mol. The molecule has 1 N–H and O–H groups in total. The molecular weight excluding hydrogens is 272 g/mol. The number of aromatic nitrogens is 1. The Morgan fingerprint density at radius 2 is 2.09 bits per heavy atom. The summed E-state index contributed by atoms with van der Waals surface area (Å²) < 4.78 is 6.08. The van der Waals surface area contributed by atoms with Crippen molar-refractivity contribution in [2.24, 2.45) is 5.41 Å². The smallest absolute Gasteiger partial charge is 0.0656 e. The molecule has 3 aliphatic heterocycles. The number of H-pyrrole nitrogens is 1. The van der Waals surface area contributed by atoms with Gasteiger partial charge in [-0.25, -0.2) is 0 Å². The fraction of sp³-hybridized carbons (Fsp3) is 0.579. The summed E-state index contributed by atoms with van der Waals surface area (Å²) in [6.45, 7) is 4.63. The third kappa shape index (κ3) is 1.88. The molecule has 2 fully saturated rings. The lowest BCUT2D eigenvalue weighted by Crippen LogP contribution is -2.49. The van der Waals surface area contributed by atoms with E-state index in [1.165, 1.54) is 68.3 Å². The first-order valence-corrected chi connectivity index (χ1v) is 8.77. The molecule has 3 atom stereocenters. The number of aryl methyl sites for hydroxylation is 1. The van der Waals surface area contributed by atoms with E-state index in [9.17, 15) is 0 Å². The lowest BCUT2D eigenvalue weighted by atomic mass is 9.73. The molecule has 2 bridgehead atoms. The van der Waals surface area contributed by atoms with Crippen LogP contribution in [0.3, 0.4) is 0 Å². The number of piperidine rings is 1. The van der Waals surface area contributed by atoms with Gasteiger partial charge in [-0.2, -0.15) is 0 Å². The number of hydrogen-bond donors (Lipinski definition) is 1. The third-order valence-electron chi connectivity index (χ3n) is 6.30. The molecule has 0 amide bonds. The van der Waals surface area contributed by atoms with Crippen molar-refractivity contribution in [2.45, 2.75) is 38.2 Å². The van der Waals surface area contributed by atoms with Gasteiger partial charge in [0.2, 0.25) is 0 Å². The van der Waals surface area contributed by atoms with Crippen LogP contribution in [0.5, 0.6) is 0 Å². The molecule has 0 saturated carbocycles.